The van der Waals surface area contributed by atoms with Gasteiger partial charge in [-0.1, -0.05) is 23.5 Å². The van der Waals surface area contributed by atoms with Gasteiger partial charge in [0.1, 0.15) is 11.3 Å². The average Bonchev–Trinajstić information content (AvgIpc) is 3.16. The molecule has 1 fully saturated rings. The van der Waals surface area contributed by atoms with E-state index in [-0.39, 0.29) is 11.8 Å². The second kappa shape index (κ2) is 8.79. The number of carbonyl (C=O) groups excluding carboxylic acids is 1. The second-order valence-electron chi connectivity index (χ2n) is 7.14. The third-order valence-electron chi connectivity index (χ3n) is 5.27. The third-order valence-corrected chi connectivity index (χ3v) is 6.36. The Labute approximate surface area is 179 Å². The molecule has 1 N–H and O–H groups in total. The summed E-state index contributed by atoms with van der Waals surface area (Å²) in [6.07, 6.45) is 0.736. The van der Waals surface area contributed by atoms with Crippen LogP contribution in [0.15, 0.2) is 36.4 Å². The van der Waals surface area contributed by atoms with Crippen LogP contribution in [-0.4, -0.2) is 51.9 Å². The average molecular weight is 428 g/mol. The number of nitrogens with zero attached hydrogens (tertiary/aromatic N) is 2. The standard InChI is InChI=1S/C22H25N3O4S/c1-27-16-8-7-14(11-18(16)29-3)9-10-23-21(26)15-12-25(13-15)22-24-20-17(28-2)5-4-6-19(20)30-22/h4-8,11,15H,9-10,12-13H2,1-3H3,(H,23,26). The van der Waals surface area contributed by atoms with Gasteiger partial charge in [-0.05, 0) is 36.2 Å². The van der Waals surface area contributed by atoms with Gasteiger partial charge in [-0.2, -0.15) is 0 Å². The lowest BCUT2D eigenvalue weighted by Gasteiger charge is -2.37. The maximum Gasteiger partial charge on any atom is 0.226 e. The van der Waals surface area contributed by atoms with Crippen LogP contribution in [-0.2, 0) is 11.2 Å². The molecule has 8 heteroatoms. The predicted molar refractivity (Wildman–Crippen MR) is 118 cm³/mol. The molecule has 2 heterocycles. The van der Waals surface area contributed by atoms with Gasteiger partial charge in [-0.3, -0.25) is 4.79 Å². The molecule has 158 valence electrons. The Morgan fingerprint density at radius 2 is 1.87 bits per heavy atom. The Bertz CT molecular complexity index is 1050. The van der Waals surface area contributed by atoms with Crippen LogP contribution in [0.25, 0.3) is 10.2 Å². The number of thiazole rings is 1. The number of carbonyl (C=O) groups is 1. The Morgan fingerprint density at radius 3 is 2.60 bits per heavy atom. The van der Waals surface area contributed by atoms with Gasteiger partial charge in [0.05, 0.1) is 31.9 Å². The smallest absolute Gasteiger partial charge is 0.226 e. The summed E-state index contributed by atoms with van der Waals surface area (Å²) in [6, 6.07) is 11.7. The van der Waals surface area contributed by atoms with Gasteiger partial charge in [0.2, 0.25) is 5.91 Å². The molecule has 1 amide bonds. The van der Waals surface area contributed by atoms with Crippen molar-refractivity contribution < 1.29 is 19.0 Å². The molecule has 7 nitrogen and oxygen atoms in total. The summed E-state index contributed by atoms with van der Waals surface area (Å²) in [7, 11) is 4.89. The summed E-state index contributed by atoms with van der Waals surface area (Å²) in [5.41, 5.74) is 1.97. The van der Waals surface area contributed by atoms with Crippen LogP contribution in [0.3, 0.4) is 0 Å². The van der Waals surface area contributed by atoms with E-state index in [1.165, 1.54) is 0 Å². The van der Waals surface area contributed by atoms with Crippen molar-refractivity contribution >= 4 is 32.6 Å². The van der Waals surface area contributed by atoms with Crippen LogP contribution in [0, 0.1) is 5.92 Å². The van der Waals surface area contributed by atoms with Crippen LogP contribution >= 0.6 is 11.3 Å². The molecule has 4 rings (SSSR count). The number of hydrogen-bond donors (Lipinski definition) is 1. The number of nitrogens with one attached hydrogen (secondary N) is 1. The summed E-state index contributed by atoms with van der Waals surface area (Å²) in [5, 5.41) is 3.98. The molecule has 1 saturated heterocycles. The molecule has 1 aliphatic heterocycles. The van der Waals surface area contributed by atoms with Crippen LogP contribution < -0.4 is 24.4 Å². The highest BCUT2D eigenvalue weighted by Crippen LogP contribution is 2.36. The van der Waals surface area contributed by atoms with Gasteiger partial charge in [0.15, 0.2) is 16.6 Å². The van der Waals surface area contributed by atoms with Crippen molar-refractivity contribution in [3.8, 4) is 17.2 Å². The molecule has 0 unspecified atom stereocenters. The summed E-state index contributed by atoms with van der Waals surface area (Å²) in [6.45, 7) is 1.96. The lowest BCUT2D eigenvalue weighted by atomic mass is 10.00. The lowest BCUT2D eigenvalue weighted by Crippen LogP contribution is -2.54. The van der Waals surface area contributed by atoms with Gasteiger partial charge in [-0.25, -0.2) is 4.98 Å². The van der Waals surface area contributed by atoms with E-state index < -0.39 is 0 Å². The van der Waals surface area contributed by atoms with E-state index in [2.05, 4.69) is 10.2 Å². The van der Waals surface area contributed by atoms with Crippen molar-refractivity contribution in [2.75, 3.05) is 45.9 Å². The number of benzene rings is 2. The zero-order valence-electron chi connectivity index (χ0n) is 17.3. The number of anilines is 1. The molecule has 0 aliphatic carbocycles. The predicted octanol–water partition coefficient (Wildman–Crippen LogP) is 3.12. The minimum Gasteiger partial charge on any atom is -0.494 e. The Hall–Kier alpha value is -3.00. The van der Waals surface area contributed by atoms with Crippen LogP contribution in [0.2, 0.25) is 0 Å². The first-order valence-electron chi connectivity index (χ1n) is 9.80. The first-order chi connectivity index (χ1) is 14.6. The van der Waals surface area contributed by atoms with E-state index in [9.17, 15) is 4.79 Å². The molecule has 0 atom stereocenters. The fourth-order valence-corrected chi connectivity index (χ4v) is 4.52. The summed E-state index contributed by atoms with van der Waals surface area (Å²) < 4.78 is 17.1. The van der Waals surface area contributed by atoms with Crippen molar-refractivity contribution in [2.45, 2.75) is 6.42 Å². The third kappa shape index (κ3) is 4.00. The summed E-state index contributed by atoms with van der Waals surface area (Å²) >= 11 is 1.63. The van der Waals surface area contributed by atoms with E-state index in [1.807, 2.05) is 36.4 Å². The number of ether oxygens (including phenoxy) is 3. The number of methoxy groups -OCH3 is 3. The first-order valence-corrected chi connectivity index (χ1v) is 10.6. The molecule has 3 aromatic rings. The summed E-state index contributed by atoms with van der Waals surface area (Å²) in [5.74, 6) is 2.26. The Balaban J connectivity index is 1.28. The minimum absolute atomic E-state index is 0.00990. The maximum absolute atomic E-state index is 12.5. The highest BCUT2D eigenvalue weighted by atomic mass is 32.1. The quantitative estimate of drug-likeness (QED) is 0.596. The van der Waals surface area contributed by atoms with E-state index in [4.69, 9.17) is 19.2 Å². The molecule has 2 aromatic carbocycles. The fraction of sp³-hybridized carbons (Fsp3) is 0.364. The van der Waals surface area contributed by atoms with Gasteiger partial charge in [0, 0.05) is 19.6 Å². The Morgan fingerprint density at radius 1 is 1.10 bits per heavy atom. The normalized spacial score (nSPS) is 13.8. The molecule has 30 heavy (non-hydrogen) atoms. The molecule has 0 bridgehead atoms. The zero-order chi connectivity index (χ0) is 21.1. The zero-order valence-corrected chi connectivity index (χ0v) is 18.1. The largest absolute Gasteiger partial charge is 0.494 e. The topological polar surface area (TPSA) is 72.9 Å². The van der Waals surface area contributed by atoms with Crippen molar-refractivity contribution in [3.63, 3.8) is 0 Å². The molecule has 0 radical (unpaired) electrons. The van der Waals surface area contributed by atoms with Crippen LogP contribution in [0.1, 0.15) is 5.56 Å². The fourth-order valence-electron chi connectivity index (χ4n) is 3.52. The SMILES string of the molecule is COc1ccc(CCNC(=O)C2CN(c3nc4c(OC)cccc4s3)C2)cc1OC. The van der Waals surface area contributed by atoms with Crippen molar-refractivity contribution in [1.82, 2.24) is 10.3 Å². The minimum atomic E-state index is -0.00990. The van der Waals surface area contributed by atoms with Crippen LogP contribution in [0.5, 0.6) is 17.2 Å². The van der Waals surface area contributed by atoms with Gasteiger partial charge in [0.25, 0.3) is 0 Å². The lowest BCUT2D eigenvalue weighted by molar-refractivity contribution is -0.125. The molecule has 1 aliphatic rings. The molecular weight excluding hydrogens is 402 g/mol. The number of aromatic nitrogens is 1. The number of rotatable bonds is 8. The number of hydrogen-bond acceptors (Lipinski definition) is 7. The number of amides is 1. The van der Waals surface area contributed by atoms with Crippen molar-refractivity contribution in [1.29, 1.82) is 0 Å². The van der Waals surface area contributed by atoms with Gasteiger partial charge >= 0.3 is 0 Å². The van der Waals surface area contributed by atoms with E-state index in [0.29, 0.717) is 31.1 Å². The highest BCUT2D eigenvalue weighted by molar-refractivity contribution is 7.22. The molecule has 1 aromatic heterocycles. The van der Waals surface area contributed by atoms with E-state index in [1.54, 1.807) is 32.7 Å². The number of para-hydroxylation sites is 1. The highest BCUT2D eigenvalue weighted by Gasteiger charge is 2.34. The summed E-state index contributed by atoms with van der Waals surface area (Å²) in [4.78, 5) is 19.3. The first kappa shape index (κ1) is 20.3. The van der Waals surface area contributed by atoms with E-state index in [0.717, 1.165) is 33.1 Å². The number of fused-ring (bicyclic) bond motifs is 1. The van der Waals surface area contributed by atoms with E-state index >= 15 is 0 Å². The van der Waals surface area contributed by atoms with Crippen molar-refractivity contribution in [3.05, 3.63) is 42.0 Å². The van der Waals surface area contributed by atoms with Gasteiger partial charge in [-0.15, -0.1) is 0 Å². The van der Waals surface area contributed by atoms with Crippen LogP contribution in [0.4, 0.5) is 5.13 Å². The molecular formula is C22H25N3O4S. The molecule has 0 saturated carbocycles. The van der Waals surface area contributed by atoms with Gasteiger partial charge < -0.3 is 24.4 Å². The van der Waals surface area contributed by atoms with Crippen molar-refractivity contribution in [2.24, 2.45) is 5.92 Å². The molecule has 0 spiro atoms. The monoisotopic (exact) mass is 427 g/mol. The Kier molecular flexibility index (Phi) is 5.94. The second-order valence-corrected chi connectivity index (χ2v) is 8.14. The maximum atomic E-state index is 12.5.